The maximum atomic E-state index is 11.4. The molecular weight excluding hydrogens is 294 g/mol. The molecule has 0 spiro atoms. The van der Waals surface area contributed by atoms with Crippen LogP contribution in [-0.4, -0.2) is 37.8 Å². The molecule has 0 aliphatic rings. The maximum Gasteiger partial charge on any atom is 0.337 e. The number of carbonyl (C=O) groups is 1. The summed E-state index contributed by atoms with van der Waals surface area (Å²) in [5, 5.41) is 4.46. The molecule has 0 amide bonds. The minimum absolute atomic E-state index is 0.349. The molecule has 0 fully saturated rings. The Morgan fingerprint density at radius 2 is 2.00 bits per heavy atom. The summed E-state index contributed by atoms with van der Waals surface area (Å²) >= 11 is 0. The zero-order chi connectivity index (χ0) is 16.2. The lowest BCUT2D eigenvalue weighted by atomic mass is 10.1. The average molecular weight is 309 g/mol. The largest absolute Gasteiger partial charge is 0.465 e. The first-order valence-corrected chi connectivity index (χ1v) is 7.02. The molecule has 1 aromatic carbocycles. The molecular formula is C16H15N5O2. The Labute approximate surface area is 133 Å². The van der Waals surface area contributed by atoms with Crippen LogP contribution < -0.4 is 0 Å². The number of methoxy groups -OCH3 is 1. The number of rotatable bonds is 4. The molecule has 3 rings (SSSR count). The van der Waals surface area contributed by atoms with Gasteiger partial charge in [0.15, 0.2) is 0 Å². The average Bonchev–Trinajstić information content (AvgIpc) is 2.96. The zero-order valence-corrected chi connectivity index (χ0v) is 12.8. The lowest BCUT2D eigenvalue weighted by Crippen LogP contribution is -2.05. The smallest absolute Gasteiger partial charge is 0.337 e. The van der Waals surface area contributed by atoms with Crippen LogP contribution in [0.4, 0.5) is 0 Å². The molecule has 2 aromatic heterocycles. The molecule has 0 N–H and O–H groups in total. The Kier molecular flexibility index (Phi) is 4.09. The van der Waals surface area contributed by atoms with Crippen LogP contribution >= 0.6 is 0 Å². The monoisotopic (exact) mass is 309 g/mol. The van der Waals surface area contributed by atoms with E-state index < -0.39 is 0 Å². The van der Waals surface area contributed by atoms with Gasteiger partial charge in [-0.3, -0.25) is 4.98 Å². The minimum atomic E-state index is -0.349. The predicted octanol–water partition coefficient (Wildman–Crippen LogP) is 1.88. The second kappa shape index (κ2) is 6.35. The molecule has 7 heteroatoms. The molecule has 0 radical (unpaired) electrons. The number of aryl methyl sites for hydroxylation is 1. The fraction of sp³-hybridized carbons (Fsp3) is 0.188. The van der Waals surface area contributed by atoms with Gasteiger partial charge in [0.2, 0.25) is 5.82 Å². The zero-order valence-electron chi connectivity index (χ0n) is 12.8. The van der Waals surface area contributed by atoms with Crippen molar-refractivity contribution in [3.8, 4) is 11.5 Å². The molecule has 7 nitrogen and oxygen atoms in total. The minimum Gasteiger partial charge on any atom is -0.465 e. The summed E-state index contributed by atoms with van der Waals surface area (Å²) in [6.45, 7) is 2.44. The lowest BCUT2D eigenvalue weighted by Gasteiger charge is -2.04. The molecule has 0 aliphatic carbocycles. The fourth-order valence-electron chi connectivity index (χ4n) is 2.13. The Hall–Kier alpha value is -3.09. The summed E-state index contributed by atoms with van der Waals surface area (Å²) < 4.78 is 6.48. The summed E-state index contributed by atoms with van der Waals surface area (Å²) in [6.07, 6.45) is 4.84. The van der Waals surface area contributed by atoms with Crippen molar-refractivity contribution in [2.75, 3.05) is 7.11 Å². The molecule has 3 aromatic rings. The van der Waals surface area contributed by atoms with Crippen LogP contribution in [0.5, 0.6) is 0 Å². The molecule has 0 atom stereocenters. The molecule has 23 heavy (non-hydrogen) atoms. The van der Waals surface area contributed by atoms with E-state index in [4.69, 9.17) is 0 Å². The number of benzene rings is 1. The molecule has 116 valence electrons. The number of carbonyl (C=O) groups excluding carboxylic acids is 1. The number of esters is 1. The van der Waals surface area contributed by atoms with Crippen LogP contribution in [0.25, 0.3) is 11.5 Å². The lowest BCUT2D eigenvalue weighted by molar-refractivity contribution is 0.0600. The van der Waals surface area contributed by atoms with E-state index in [1.807, 2.05) is 19.1 Å². The van der Waals surface area contributed by atoms with Gasteiger partial charge in [-0.2, -0.15) is 0 Å². The van der Waals surface area contributed by atoms with E-state index in [9.17, 15) is 4.79 Å². The highest BCUT2D eigenvalue weighted by atomic mass is 16.5. The van der Waals surface area contributed by atoms with E-state index >= 15 is 0 Å². The first kappa shape index (κ1) is 14.8. The third-order valence-corrected chi connectivity index (χ3v) is 3.36. The van der Waals surface area contributed by atoms with Gasteiger partial charge < -0.3 is 4.74 Å². The van der Waals surface area contributed by atoms with Crippen molar-refractivity contribution < 1.29 is 9.53 Å². The van der Waals surface area contributed by atoms with Gasteiger partial charge in [0.1, 0.15) is 11.5 Å². The van der Waals surface area contributed by atoms with Gasteiger partial charge in [0, 0.05) is 12.4 Å². The Balaban J connectivity index is 1.81. The Morgan fingerprint density at radius 3 is 2.65 bits per heavy atom. The standard InChI is InChI=1S/C16H15N5O2/c1-11-19-15(14-9-17-7-8-18-14)20-21(11)10-12-3-5-13(6-4-12)16(22)23-2/h3-9H,10H2,1-2H3. The number of hydrogen-bond acceptors (Lipinski definition) is 6. The maximum absolute atomic E-state index is 11.4. The summed E-state index contributed by atoms with van der Waals surface area (Å²) in [7, 11) is 1.36. The Morgan fingerprint density at radius 1 is 1.22 bits per heavy atom. The van der Waals surface area contributed by atoms with Crippen LogP contribution in [0.3, 0.4) is 0 Å². The second-order valence-electron chi connectivity index (χ2n) is 4.92. The quantitative estimate of drug-likeness (QED) is 0.684. The number of ether oxygens (including phenoxy) is 1. The summed E-state index contributed by atoms with van der Waals surface area (Å²) in [5.41, 5.74) is 2.17. The second-order valence-corrected chi connectivity index (χ2v) is 4.92. The fourth-order valence-corrected chi connectivity index (χ4v) is 2.13. The van der Waals surface area contributed by atoms with Crippen LogP contribution in [-0.2, 0) is 11.3 Å². The van der Waals surface area contributed by atoms with Crippen molar-refractivity contribution in [3.05, 3.63) is 59.8 Å². The van der Waals surface area contributed by atoms with Crippen molar-refractivity contribution >= 4 is 5.97 Å². The van der Waals surface area contributed by atoms with Gasteiger partial charge in [0.25, 0.3) is 0 Å². The number of nitrogens with zero attached hydrogens (tertiary/aromatic N) is 5. The third kappa shape index (κ3) is 3.23. The SMILES string of the molecule is COC(=O)c1ccc(Cn2nc(-c3cnccn3)nc2C)cc1. The van der Waals surface area contributed by atoms with E-state index in [-0.39, 0.29) is 5.97 Å². The first-order valence-electron chi connectivity index (χ1n) is 7.02. The summed E-state index contributed by atoms with van der Waals surface area (Å²) in [5.74, 6) is 0.975. The molecule has 0 saturated heterocycles. The van der Waals surface area contributed by atoms with Crippen LogP contribution in [0, 0.1) is 6.92 Å². The van der Waals surface area contributed by atoms with Crippen molar-refractivity contribution in [2.24, 2.45) is 0 Å². The van der Waals surface area contributed by atoms with Gasteiger partial charge in [-0.05, 0) is 24.6 Å². The van der Waals surface area contributed by atoms with Crippen molar-refractivity contribution in [2.45, 2.75) is 13.5 Å². The third-order valence-electron chi connectivity index (χ3n) is 3.36. The van der Waals surface area contributed by atoms with Crippen molar-refractivity contribution in [1.29, 1.82) is 0 Å². The van der Waals surface area contributed by atoms with Gasteiger partial charge in [-0.1, -0.05) is 12.1 Å². The van der Waals surface area contributed by atoms with E-state index in [1.54, 1.807) is 35.4 Å². The van der Waals surface area contributed by atoms with Crippen molar-refractivity contribution in [3.63, 3.8) is 0 Å². The van der Waals surface area contributed by atoms with Crippen LogP contribution in [0.1, 0.15) is 21.7 Å². The Bertz CT molecular complexity index is 812. The van der Waals surface area contributed by atoms with Crippen LogP contribution in [0.15, 0.2) is 42.9 Å². The highest BCUT2D eigenvalue weighted by Crippen LogP contribution is 2.13. The summed E-state index contributed by atoms with van der Waals surface area (Å²) in [4.78, 5) is 24.1. The van der Waals surface area contributed by atoms with Gasteiger partial charge in [-0.15, -0.1) is 5.10 Å². The molecule has 0 aliphatic heterocycles. The highest BCUT2D eigenvalue weighted by molar-refractivity contribution is 5.89. The van der Waals surface area contributed by atoms with E-state index in [0.29, 0.717) is 23.6 Å². The predicted molar refractivity (Wildman–Crippen MR) is 82.7 cm³/mol. The van der Waals surface area contributed by atoms with Crippen molar-refractivity contribution in [1.82, 2.24) is 24.7 Å². The molecule has 2 heterocycles. The number of aromatic nitrogens is 5. The van der Waals surface area contributed by atoms with Gasteiger partial charge >= 0.3 is 5.97 Å². The van der Waals surface area contributed by atoms with Crippen LogP contribution in [0.2, 0.25) is 0 Å². The summed E-state index contributed by atoms with van der Waals surface area (Å²) in [6, 6.07) is 7.21. The van der Waals surface area contributed by atoms with Gasteiger partial charge in [0.05, 0.1) is 25.4 Å². The molecule has 0 bridgehead atoms. The number of hydrogen-bond donors (Lipinski definition) is 0. The first-order chi connectivity index (χ1) is 11.2. The van der Waals surface area contributed by atoms with E-state index in [0.717, 1.165) is 11.4 Å². The normalized spacial score (nSPS) is 10.5. The van der Waals surface area contributed by atoms with E-state index in [1.165, 1.54) is 7.11 Å². The highest BCUT2D eigenvalue weighted by Gasteiger charge is 2.10. The van der Waals surface area contributed by atoms with E-state index in [2.05, 4.69) is 24.8 Å². The molecule has 0 saturated carbocycles. The topological polar surface area (TPSA) is 82.8 Å². The molecule has 0 unspecified atom stereocenters. The van der Waals surface area contributed by atoms with Gasteiger partial charge in [-0.25, -0.2) is 19.4 Å².